The molecule has 0 aliphatic rings. The molecule has 0 fully saturated rings. The molecule has 0 radical (unpaired) electrons. The number of aliphatic hydroxyl groups is 1. The van der Waals surface area contributed by atoms with Crippen LogP contribution in [0.25, 0.3) is 0 Å². The van der Waals surface area contributed by atoms with Gasteiger partial charge in [-0.3, -0.25) is 0 Å². The Balaban J connectivity index is 3.39. The van der Waals surface area contributed by atoms with E-state index in [-0.39, 0.29) is 26.7 Å². The fourth-order valence-corrected chi connectivity index (χ4v) is 1.64. The molecule has 0 aromatic heterocycles. The maximum Gasteiger partial charge on any atom is 0.0797 e. The Hall–Kier alpha value is 0.340. The molecule has 5 heteroatoms. The van der Waals surface area contributed by atoms with Crippen molar-refractivity contribution >= 4 is 46.4 Å². The molecule has 66 valence electrons. The number of benzene rings is 1. The molecule has 0 spiro atoms. The summed E-state index contributed by atoms with van der Waals surface area (Å²) in [5.74, 6) is 0. The van der Waals surface area contributed by atoms with Gasteiger partial charge < -0.3 is 5.11 Å². The summed E-state index contributed by atoms with van der Waals surface area (Å²) < 4.78 is 0. The van der Waals surface area contributed by atoms with Crippen molar-refractivity contribution in [1.29, 1.82) is 0 Å². The van der Waals surface area contributed by atoms with E-state index in [0.29, 0.717) is 5.56 Å². The Labute approximate surface area is 89.8 Å². The zero-order valence-electron chi connectivity index (χ0n) is 5.74. The minimum absolute atomic E-state index is 0.176. The zero-order chi connectivity index (χ0) is 9.30. The van der Waals surface area contributed by atoms with Gasteiger partial charge in [0.25, 0.3) is 0 Å². The van der Waals surface area contributed by atoms with E-state index in [4.69, 9.17) is 51.5 Å². The predicted molar refractivity (Wildman–Crippen MR) is 52.4 cm³/mol. The highest BCUT2D eigenvalue weighted by molar-refractivity contribution is 6.51. The summed E-state index contributed by atoms with van der Waals surface area (Å²) in [6.45, 7) is -0.213. The first-order valence-electron chi connectivity index (χ1n) is 3.00. The highest BCUT2D eigenvalue weighted by Gasteiger charge is 2.11. The van der Waals surface area contributed by atoms with Gasteiger partial charge >= 0.3 is 0 Å². The largest absolute Gasteiger partial charge is 0.392 e. The highest BCUT2D eigenvalue weighted by Crippen LogP contribution is 2.37. The molecule has 0 amide bonds. The smallest absolute Gasteiger partial charge is 0.0797 e. The van der Waals surface area contributed by atoms with Crippen LogP contribution >= 0.6 is 46.4 Å². The van der Waals surface area contributed by atoms with Gasteiger partial charge in [-0.05, 0) is 11.6 Å². The summed E-state index contributed by atoms with van der Waals surface area (Å²) in [6.07, 6.45) is 0. The van der Waals surface area contributed by atoms with Crippen LogP contribution in [0.4, 0.5) is 0 Å². The molecule has 1 N–H and O–H groups in total. The van der Waals surface area contributed by atoms with Gasteiger partial charge in [0, 0.05) is 0 Å². The third-order valence-corrected chi connectivity index (χ3v) is 3.14. The SMILES string of the molecule is OCc1cc(Cl)c(Cl)c(Cl)c1Cl. The lowest BCUT2D eigenvalue weighted by atomic mass is 10.2. The molecule has 0 aliphatic heterocycles. The van der Waals surface area contributed by atoms with Gasteiger partial charge in [-0.1, -0.05) is 46.4 Å². The lowest BCUT2D eigenvalue weighted by Gasteiger charge is -2.05. The summed E-state index contributed by atoms with van der Waals surface area (Å²) in [5.41, 5.74) is 0.469. The Morgan fingerprint density at radius 3 is 2.08 bits per heavy atom. The van der Waals surface area contributed by atoms with Crippen molar-refractivity contribution in [1.82, 2.24) is 0 Å². The van der Waals surface area contributed by atoms with Crippen LogP contribution in [0.5, 0.6) is 0 Å². The van der Waals surface area contributed by atoms with Gasteiger partial charge in [-0.15, -0.1) is 0 Å². The second kappa shape index (κ2) is 4.03. The Morgan fingerprint density at radius 1 is 1.00 bits per heavy atom. The molecule has 0 heterocycles. The average molecular weight is 246 g/mol. The summed E-state index contributed by atoms with van der Waals surface area (Å²) in [4.78, 5) is 0. The van der Waals surface area contributed by atoms with Crippen molar-refractivity contribution in [3.8, 4) is 0 Å². The first-order chi connectivity index (χ1) is 5.57. The van der Waals surface area contributed by atoms with Crippen molar-refractivity contribution < 1.29 is 5.11 Å². The van der Waals surface area contributed by atoms with Crippen LogP contribution in [-0.4, -0.2) is 5.11 Å². The third kappa shape index (κ3) is 1.81. The maximum absolute atomic E-state index is 8.81. The van der Waals surface area contributed by atoms with E-state index in [9.17, 15) is 0 Å². The van der Waals surface area contributed by atoms with Crippen LogP contribution in [0.15, 0.2) is 6.07 Å². The predicted octanol–water partition coefficient (Wildman–Crippen LogP) is 3.79. The summed E-state index contributed by atoms with van der Waals surface area (Å²) in [5, 5.41) is 9.73. The fourth-order valence-electron chi connectivity index (χ4n) is 0.737. The Kier molecular flexibility index (Phi) is 3.50. The maximum atomic E-state index is 8.81. The normalized spacial score (nSPS) is 10.4. The number of hydrogen-bond donors (Lipinski definition) is 1. The van der Waals surface area contributed by atoms with Crippen molar-refractivity contribution in [2.24, 2.45) is 0 Å². The highest BCUT2D eigenvalue weighted by atomic mass is 35.5. The summed E-state index contributed by atoms with van der Waals surface area (Å²) >= 11 is 22.8. The van der Waals surface area contributed by atoms with Gasteiger partial charge in [0.15, 0.2) is 0 Å². The summed E-state index contributed by atoms with van der Waals surface area (Å²) in [7, 11) is 0. The standard InChI is InChI=1S/C7H4Cl4O/c8-4-1-3(2-12)5(9)7(11)6(4)10/h1,12H,2H2. The number of halogens is 4. The number of aliphatic hydroxyl groups excluding tert-OH is 1. The number of hydrogen-bond acceptors (Lipinski definition) is 1. The quantitative estimate of drug-likeness (QED) is 0.590. The van der Waals surface area contributed by atoms with E-state index in [1.54, 1.807) is 0 Å². The van der Waals surface area contributed by atoms with Crippen LogP contribution in [0, 0.1) is 0 Å². The van der Waals surface area contributed by atoms with E-state index in [2.05, 4.69) is 0 Å². The Bertz CT molecular complexity index is 311. The molecule has 0 unspecified atom stereocenters. The molecule has 1 aromatic carbocycles. The Morgan fingerprint density at radius 2 is 1.58 bits per heavy atom. The molecular formula is C7H4Cl4O. The van der Waals surface area contributed by atoms with Crippen LogP contribution in [0.2, 0.25) is 20.1 Å². The molecule has 0 atom stereocenters. The number of rotatable bonds is 1. The van der Waals surface area contributed by atoms with Crippen molar-refractivity contribution in [3.05, 3.63) is 31.7 Å². The summed E-state index contributed by atoms with van der Waals surface area (Å²) in [6, 6.07) is 1.48. The van der Waals surface area contributed by atoms with Gasteiger partial charge in [0.1, 0.15) is 0 Å². The van der Waals surface area contributed by atoms with Gasteiger partial charge in [0.2, 0.25) is 0 Å². The molecule has 1 rings (SSSR count). The topological polar surface area (TPSA) is 20.2 Å². The second-order valence-electron chi connectivity index (χ2n) is 2.12. The van der Waals surface area contributed by atoms with Crippen molar-refractivity contribution in [2.75, 3.05) is 0 Å². The fraction of sp³-hybridized carbons (Fsp3) is 0.143. The molecule has 0 saturated carbocycles. The van der Waals surface area contributed by atoms with Crippen molar-refractivity contribution in [3.63, 3.8) is 0 Å². The average Bonchev–Trinajstić information content (AvgIpc) is 2.08. The van der Waals surface area contributed by atoms with E-state index in [0.717, 1.165) is 0 Å². The molecule has 0 aliphatic carbocycles. The van der Waals surface area contributed by atoms with Crippen molar-refractivity contribution in [2.45, 2.75) is 6.61 Å². The van der Waals surface area contributed by atoms with Crippen LogP contribution in [-0.2, 0) is 6.61 Å². The lowest BCUT2D eigenvalue weighted by molar-refractivity contribution is 0.282. The minimum Gasteiger partial charge on any atom is -0.392 e. The van der Waals surface area contributed by atoms with E-state index in [1.165, 1.54) is 6.07 Å². The first kappa shape index (κ1) is 10.4. The van der Waals surface area contributed by atoms with E-state index >= 15 is 0 Å². The minimum atomic E-state index is -0.213. The monoisotopic (exact) mass is 244 g/mol. The third-order valence-electron chi connectivity index (χ3n) is 1.35. The van der Waals surface area contributed by atoms with Gasteiger partial charge in [-0.2, -0.15) is 0 Å². The van der Waals surface area contributed by atoms with Crippen LogP contribution in [0.1, 0.15) is 5.56 Å². The van der Waals surface area contributed by atoms with Gasteiger partial charge in [-0.25, -0.2) is 0 Å². The first-order valence-corrected chi connectivity index (χ1v) is 4.51. The van der Waals surface area contributed by atoms with Crippen LogP contribution in [0.3, 0.4) is 0 Å². The molecule has 0 bridgehead atoms. The molecule has 12 heavy (non-hydrogen) atoms. The molecular weight excluding hydrogens is 242 g/mol. The van der Waals surface area contributed by atoms with Gasteiger partial charge in [0.05, 0.1) is 26.7 Å². The van der Waals surface area contributed by atoms with Crippen LogP contribution < -0.4 is 0 Å². The second-order valence-corrected chi connectivity index (χ2v) is 3.66. The van der Waals surface area contributed by atoms with E-state index < -0.39 is 0 Å². The molecule has 1 nitrogen and oxygen atoms in total. The zero-order valence-corrected chi connectivity index (χ0v) is 8.77. The molecule has 1 aromatic rings. The lowest BCUT2D eigenvalue weighted by Crippen LogP contribution is -1.87. The molecule has 0 saturated heterocycles. The van der Waals surface area contributed by atoms with E-state index in [1.807, 2.05) is 0 Å².